The second kappa shape index (κ2) is 6.95. The summed E-state index contributed by atoms with van der Waals surface area (Å²) in [4.78, 5) is 4.63. The molecule has 0 spiro atoms. The summed E-state index contributed by atoms with van der Waals surface area (Å²) in [5.41, 5.74) is 3.88. The van der Waals surface area contributed by atoms with E-state index in [0.29, 0.717) is 17.8 Å². The highest BCUT2D eigenvalue weighted by molar-refractivity contribution is 5.83. The van der Waals surface area contributed by atoms with Gasteiger partial charge in [0.2, 0.25) is 0 Å². The third-order valence-corrected chi connectivity index (χ3v) is 7.16. The molecule has 1 N–H and O–H groups in total. The zero-order valence-corrected chi connectivity index (χ0v) is 16.6. The van der Waals surface area contributed by atoms with Crippen LogP contribution in [-0.4, -0.2) is 17.9 Å². The molecule has 28 heavy (non-hydrogen) atoms. The van der Waals surface area contributed by atoms with Gasteiger partial charge >= 0.3 is 0 Å². The van der Waals surface area contributed by atoms with Crippen molar-refractivity contribution in [1.29, 1.82) is 0 Å². The Kier molecular flexibility index (Phi) is 4.41. The second-order valence-electron chi connectivity index (χ2n) is 9.16. The Balaban J connectivity index is 1.33. The van der Waals surface area contributed by atoms with Gasteiger partial charge in [-0.15, -0.1) is 0 Å². The summed E-state index contributed by atoms with van der Waals surface area (Å²) >= 11 is 0. The third kappa shape index (κ3) is 3.21. The molecule has 0 heterocycles. The lowest BCUT2D eigenvalue weighted by Crippen LogP contribution is -2.48. The quantitative estimate of drug-likeness (QED) is 0.650. The maximum Gasteiger partial charge on any atom is 0.161 e. The number of nitrogens with zero attached hydrogens (tertiary/aromatic N) is 1. The van der Waals surface area contributed by atoms with E-state index >= 15 is 0 Å². The number of hydrogen-bond donors (Lipinski definition) is 1. The van der Waals surface area contributed by atoms with Gasteiger partial charge in [0.05, 0.1) is 12.3 Å². The van der Waals surface area contributed by atoms with Crippen LogP contribution in [0.2, 0.25) is 0 Å². The molecule has 0 atom stereocenters. The number of benzene rings is 2. The molecule has 0 unspecified atom stereocenters. The summed E-state index contributed by atoms with van der Waals surface area (Å²) < 4.78 is 5.45. The predicted molar refractivity (Wildman–Crippen MR) is 113 cm³/mol. The molecule has 4 aliphatic rings. The Morgan fingerprint density at radius 2 is 1.64 bits per heavy atom. The summed E-state index contributed by atoms with van der Waals surface area (Å²) in [5, 5.41) is 9.83. The molecular weight excluding hydrogens is 346 g/mol. The first-order chi connectivity index (χ1) is 13.6. The van der Waals surface area contributed by atoms with Crippen LogP contribution in [0.1, 0.15) is 56.6 Å². The summed E-state index contributed by atoms with van der Waals surface area (Å²) in [6.45, 7) is 2.44. The van der Waals surface area contributed by atoms with Crippen LogP contribution in [0.3, 0.4) is 0 Å². The van der Waals surface area contributed by atoms with Crippen LogP contribution < -0.4 is 4.74 Å². The lowest BCUT2D eigenvalue weighted by atomic mass is 9.48. The number of aromatic hydroxyl groups is 1. The van der Waals surface area contributed by atoms with Crippen LogP contribution in [0.15, 0.2) is 47.5 Å². The van der Waals surface area contributed by atoms with E-state index in [2.05, 4.69) is 29.3 Å². The van der Waals surface area contributed by atoms with Crippen LogP contribution in [0, 0.1) is 17.8 Å². The first-order valence-corrected chi connectivity index (χ1v) is 10.7. The van der Waals surface area contributed by atoms with Gasteiger partial charge in [-0.3, -0.25) is 4.99 Å². The summed E-state index contributed by atoms with van der Waals surface area (Å²) in [6.07, 6.45) is 10.5. The monoisotopic (exact) mass is 375 g/mol. The van der Waals surface area contributed by atoms with E-state index in [0.717, 1.165) is 29.0 Å². The normalized spacial score (nSPS) is 30.8. The fourth-order valence-corrected chi connectivity index (χ4v) is 6.40. The molecule has 0 amide bonds. The van der Waals surface area contributed by atoms with Gasteiger partial charge in [-0.2, -0.15) is 0 Å². The highest BCUT2D eigenvalue weighted by Gasteiger charge is 2.51. The predicted octanol–water partition coefficient (Wildman–Crippen LogP) is 6.01. The van der Waals surface area contributed by atoms with Crippen molar-refractivity contribution in [2.75, 3.05) is 6.61 Å². The summed E-state index contributed by atoms with van der Waals surface area (Å²) in [7, 11) is 0. The molecule has 0 saturated heterocycles. The minimum atomic E-state index is 0.166. The summed E-state index contributed by atoms with van der Waals surface area (Å²) in [5.74, 6) is 3.58. The Hall–Kier alpha value is -2.29. The third-order valence-electron chi connectivity index (χ3n) is 7.16. The van der Waals surface area contributed by atoms with Gasteiger partial charge in [-0.25, -0.2) is 0 Å². The van der Waals surface area contributed by atoms with Crippen LogP contribution in [0.4, 0.5) is 5.69 Å². The second-order valence-corrected chi connectivity index (χ2v) is 9.16. The van der Waals surface area contributed by atoms with Crippen molar-refractivity contribution in [3.05, 3.63) is 53.6 Å². The molecule has 4 aliphatic carbocycles. The van der Waals surface area contributed by atoms with Crippen molar-refractivity contribution in [3.8, 4) is 11.5 Å². The maximum absolute atomic E-state index is 9.83. The number of ether oxygens (including phenoxy) is 1. The van der Waals surface area contributed by atoms with Crippen LogP contribution >= 0.6 is 0 Å². The van der Waals surface area contributed by atoms with E-state index in [-0.39, 0.29) is 5.75 Å². The van der Waals surface area contributed by atoms with E-state index < -0.39 is 0 Å². The fourth-order valence-electron chi connectivity index (χ4n) is 6.40. The Morgan fingerprint density at radius 3 is 2.25 bits per heavy atom. The molecule has 2 aromatic carbocycles. The first-order valence-electron chi connectivity index (χ1n) is 10.7. The van der Waals surface area contributed by atoms with Gasteiger partial charge in [-0.05, 0) is 110 Å². The lowest BCUT2D eigenvalue weighted by Gasteiger charge is -2.57. The van der Waals surface area contributed by atoms with Crippen molar-refractivity contribution in [1.82, 2.24) is 0 Å². The molecule has 3 nitrogen and oxygen atoms in total. The van der Waals surface area contributed by atoms with Gasteiger partial charge in [0.1, 0.15) is 0 Å². The van der Waals surface area contributed by atoms with E-state index in [9.17, 15) is 5.11 Å². The van der Waals surface area contributed by atoms with Crippen LogP contribution in [0.5, 0.6) is 11.5 Å². The molecule has 3 heteroatoms. The van der Waals surface area contributed by atoms with Gasteiger partial charge in [0.15, 0.2) is 11.5 Å². The molecule has 4 saturated carbocycles. The minimum absolute atomic E-state index is 0.166. The average Bonchev–Trinajstić information content (AvgIpc) is 2.68. The maximum atomic E-state index is 9.83. The van der Waals surface area contributed by atoms with Crippen molar-refractivity contribution in [2.24, 2.45) is 22.7 Å². The minimum Gasteiger partial charge on any atom is -0.504 e. The van der Waals surface area contributed by atoms with Crippen molar-refractivity contribution in [3.63, 3.8) is 0 Å². The smallest absolute Gasteiger partial charge is 0.161 e. The lowest BCUT2D eigenvalue weighted by molar-refractivity contribution is -0.00518. The Labute approximate surface area is 167 Å². The Morgan fingerprint density at radius 1 is 1.00 bits per heavy atom. The average molecular weight is 376 g/mol. The fraction of sp³-hybridized carbons (Fsp3) is 0.480. The van der Waals surface area contributed by atoms with Crippen molar-refractivity contribution in [2.45, 2.75) is 50.9 Å². The standard InChI is InChI=1S/C25H29NO2/c1-2-28-24-12-17(3-8-23(24)27)16-26-22-6-4-21(5-7-22)25-13-18-9-19(14-25)11-20(10-18)15-25/h3-8,12,16,18-20,27H,2,9-11,13-15H2,1H3. The zero-order chi connectivity index (χ0) is 19.1. The van der Waals surface area contributed by atoms with E-state index in [1.165, 1.54) is 44.1 Å². The molecule has 0 aliphatic heterocycles. The van der Waals surface area contributed by atoms with Gasteiger partial charge in [0, 0.05) is 6.21 Å². The SMILES string of the molecule is CCOc1cc(C=Nc2ccc(C34CC5CC(CC(C5)C3)C4)cc2)ccc1O. The number of phenolic OH excluding ortho intramolecular Hbond substituents is 1. The van der Waals surface area contributed by atoms with Gasteiger partial charge in [0.25, 0.3) is 0 Å². The first kappa shape index (κ1) is 17.8. The zero-order valence-electron chi connectivity index (χ0n) is 16.6. The van der Waals surface area contributed by atoms with E-state index in [4.69, 9.17) is 4.74 Å². The molecule has 4 bridgehead atoms. The number of hydrogen-bond acceptors (Lipinski definition) is 3. The molecule has 146 valence electrons. The molecule has 4 fully saturated rings. The van der Waals surface area contributed by atoms with E-state index in [1.807, 2.05) is 25.3 Å². The molecule has 0 radical (unpaired) electrons. The van der Waals surface area contributed by atoms with Crippen molar-refractivity contribution >= 4 is 11.9 Å². The molecule has 0 aromatic heterocycles. The number of rotatable bonds is 5. The van der Waals surface area contributed by atoms with Gasteiger partial charge < -0.3 is 9.84 Å². The topological polar surface area (TPSA) is 41.8 Å². The Bertz CT molecular complexity index is 849. The molecule has 6 rings (SSSR count). The van der Waals surface area contributed by atoms with Crippen LogP contribution in [-0.2, 0) is 5.41 Å². The number of aliphatic imine (C=N–C) groups is 1. The van der Waals surface area contributed by atoms with Gasteiger partial charge in [-0.1, -0.05) is 12.1 Å². The largest absolute Gasteiger partial charge is 0.504 e. The van der Waals surface area contributed by atoms with Crippen molar-refractivity contribution < 1.29 is 9.84 Å². The highest BCUT2D eigenvalue weighted by Crippen LogP contribution is 2.60. The number of phenols is 1. The highest BCUT2D eigenvalue weighted by atomic mass is 16.5. The van der Waals surface area contributed by atoms with E-state index in [1.54, 1.807) is 6.07 Å². The summed E-state index contributed by atoms with van der Waals surface area (Å²) in [6, 6.07) is 14.3. The molecular formula is C25H29NO2. The molecule has 2 aromatic rings. The van der Waals surface area contributed by atoms with Crippen LogP contribution in [0.25, 0.3) is 0 Å².